The average molecular weight is 874 g/mol. The van der Waals surface area contributed by atoms with E-state index in [1.54, 1.807) is 9.13 Å². The fraction of sp³-hybridized carbons (Fsp3) is 0.488. The second-order valence-corrected chi connectivity index (χ2v) is 16.3. The average Bonchev–Trinajstić information content (AvgIpc) is 3.66. The Bertz CT molecular complexity index is 1960. The fourth-order valence-corrected chi connectivity index (χ4v) is 6.63. The number of pyridine rings is 2. The van der Waals surface area contributed by atoms with Gasteiger partial charge < -0.3 is 14.0 Å². The van der Waals surface area contributed by atoms with Crippen molar-refractivity contribution in [1.29, 1.82) is 10.5 Å². The fourth-order valence-electron chi connectivity index (χ4n) is 6.63. The molecule has 4 aromatic rings. The summed E-state index contributed by atoms with van der Waals surface area (Å²) in [5.74, 6) is 1.45. The van der Waals surface area contributed by atoms with Crippen LogP contribution in [-0.2, 0) is 37.3 Å². The normalized spacial score (nSPS) is 12.9. The summed E-state index contributed by atoms with van der Waals surface area (Å²) in [4.78, 5) is 18.1. The Morgan fingerprint density at radius 2 is 1.21 bits per heavy atom. The third-order valence-corrected chi connectivity index (χ3v) is 9.86. The smallest absolute Gasteiger partial charge is 0.432 e. The van der Waals surface area contributed by atoms with E-state index in [9.17, 15) is 10.5 Å². The van der Waals surface area contributed by atoms with Crippen LogP contribution in [0.25, 0.3) is 21.3 Å². The van der Waals surface area contributed by atoms with Crippen LogP contribution in [0.15, 0.2) is 24.3 Å². The Morgan fingerprint density at radius 1 is 0.731 bits per heavy atom. The Kier molecular flexibility index (Phi) is 12.9. The monoisotopic (exact) mass is 873 g/mol. The molecular weight excluding hydrogens is 824 g/mol. The van der Waals surface area contributed by atoms with Crippen LogP contribution in [0.4, 0.5) is 11.5 Å². The molecule has 272 valence electrons. The number of aromatic nitrogens is 4. The minimum atomic E-state index is -0.755. The van der Waals surface area contributed by atoms with Crippen molar-refractivity contribution in [2.45, 2.75) is 137 Å². The van der Waals surface area contributed by atoms with Crippen molar-refractivity contribution >= 4 is 11.5 Å². The van der Waals surface area contributed by atoms with Crippen LogP contribution in [0, 0.1) is 48.2 Å². The molecule has 0 spiro atoms. The second kappa shape index (κ2) is 16.0. The van der Waals surface area contributed by atoms with Crippen LogP contribution < -0.4 is 0 Å². The van der Waals surface area contributed by atoms with Gasteiger partial charge in [0.25, 0.3) is 0 Å². The van der Waals surface area contributed by atoms with Gasteiger partial charge in [-0.1, -0.05) is 131 Å². The van der Waals surface area contributed by atoms with E-state index in [2.05, 4.69) is 129 Å². The van der Waals surface area contributed by atoms with Crippen LogP contribution in [0.1, 0.15) is 166 Å². The quantitative estimate of drug-likeness (QED) is 0.148. The topological polar surface area (TPSA) is 91.9 Å². The van der Waals surface area contributed by atoms with E-state index in [-0.39, 0.29) is 43.7 Å². The van der Waals surface area contributed by atoms with Crippen molar-refractivity contribution in [3.63, 3.8) is 0 Å². The zero-order valence-corrected chi connectivity index (χ0v) is 35.0. The molecule has 0 radical (unpaired) electrons. The second-order valence-electron chi connectivity index (χ2n) is 16.3. The molecule has 4 aromatic heterocycles. The molecule has 2 unspecified atom stereocenters. The summed E-state index contributed by atoms with van der Waals surface area (Å²) in [6.45, 7) is 41.4. The van der Waals surface area contributed by atoms with E-state index in [0.29, 0.717) is 45.5 Å². The first kappa shape index (κ1) is 41.9. The van der Waals surface area contributed by atoms with Crippen molar-refractivity contribution < 1.29 is 21.1 Å². The summed E-state index contributed by atoms with van der Waals surface area (Å²) >= 11 is 0. The number of hydrogen-bond donors (Lipinski definition) is 0. The summed E-state index contributed by atoms with van der Waals surface area (Å²) in [6, 6.07) is 12.8. The Balaban J connectivity index is 0.00000729. The SMILES string of the molecule is [C-]#[N+]c1[c-]n(-c2cc(C(C)(C)C)cc(C(C)(C)c3cc(C(C)(C)C)cc(-n4[c-]c(C#N)c(C(C)CCC)c4[N+]#[C-])n3)n2)c(C#N)c1C(C)CCC.[Pt+2]. The molecule has 2 atom stereocenters. The minimum Gasteiger partial charge on any atom is -0.432 e. The number of nitriles is 2. The first-order valence-electron chi connectivity index (χ1n) is 17.8. The molecule has 52 heavy (non-hydrogen) atoms. The molecule has 0 aliphatic heterocycles. The van der Waals surface area contributed by atoms with Crippen molar-refractivity contribution in [3.05, 3.63) is 104 Å². The van der Waals surface area contributed by atoms with Gasteiger partial charge in [0, 0.05) is 22.9 Å². The zero-order valence-electron chi connectivity index (χ0n) is 32.7. The molecular formula is C43H50N8Pt. The molecule has 9 heteroatoms. The van der Waals surface area contributed by atoms with Gasteiger partial charge in [0.05, 0.1) is 24.7 Å². The molecule has 0 saturated carbocycles. The predicted octanol–water partition coefficient (Wildman–Crippen LogP) is 11.2. The van der Waals surface area contributed by atoms with Crippen LogP contribution >= 0.6 is 0 Å². The van der Waals surface area contributed by atoms with Crippen LogP contribution in [0.5, 0.6) is 0 Å². The largest absolute Gasteiger partial charge is 2.00 e. The van der Waals surface area contributed by atoms with Crippen LogP contribution in [0.2, 0.25) is 0 Å². The molecule has 0 aliphatic carbocycles. The molecule has 0 saturated heterocycles. The Hall–Kier alpha value is -4.49. The molecule has 0 N–H and O–H groups in total. The van der Waals surface area contributed by atoms with Crippen molar-refractivity contribution in [3.8, 4) is 23.8 Å². The summed E-state index contributed by atoms with van der Waals surface area (Å²) in [5.41, 5.74) is 4.77. The maximum Gasteiger partial charge on any atom is 2.00 e. The van der Waals surface area contributed by atoms with Gasteiger partial charge in [-0.2, -0.15) is 0 Å². The van der Waals surface area contributed by atoms with E-state index in [4.69, 9.17) is 23.1 Å². The molecule has 8 nitrogen and oxygen atoms in total. The number of hydrogen-bond acceptors (Lipinski definition) is 4. The van der Waals surface area contributed by atoms with Crippen molar-refractivity contribution in [1.82, 2.24) is 19.1 Å². The van der Waals surface area contributed by atoms with Crippen molar-refractivity contribution in [2.75, 3.05) is 0 Å². The summed E-state index contributed by atoms with van der Waals surface area (Å²) in [7, 11) is 0. The van der Waals surface area contributed by atoms with Crippen molar-refractivity contribution in [2.24, 2.45) is 0 Å². The van der Waals surface area contributed by atoms with Gasteiger partial charge in [-0.3, -0.25) is 14.8 Å². The van der Waals surface area contributed by atoms with E-state index in [0.717, 1.165) is 48.2 Å². The third-order valence-electron chi connectivity index (χ3n) is 9.86. The Morgan fingerprint density at radius 3 is 1.62 bits per heavy atom. The molecule has 0 amide bonds. The molecule has 0 bridgehead atoms. The predicted molar refractivity (Wildman–Crippen MR) is 203 cm³/mol. The Labute approximate surface area is 325 Å². The summed E-state index contributed by atoms with van der Waals surface area (Å²) in [5, 5.41) is 20.5. The van der Waals surface area contributed by atoms with Gasteiger partial charge in [-0.15, -0.1) is 5.56 Å². The van der Waals surface area contributed by atoms with Gasteiger partial charge in [0.1, 0.15) is 5.69 Å². The number of rotatable bonds is 10. The summed E-state index contributed by atoms with van der Waals surface area (Å²) in [6.07, 6.45) is 9.98. The number of nitrogens with zero attached hydrogens (tertiary/aromatic N) is 8. The van der Waals surface area contributed by atoms with E-state index >= 15 is 0 Å². The van der Waals surface area contributed by atoms with Gasteiger partial charge in [-0.05, 0) is 65.3 Å². The first-order valence-corrected chi connectivity index (χ1v) is 17.8. The first-order chi connectivity index (χ1) is 23.9. The van der Waals surface area contributed by atoms with E-state index in [1.807, 2.05) is 12.1 Å². The van der Waals surface area contributed by atoms with Crippen LogP contribution in [-0.4, -0.2) is 19.1 Å². The maximum atomic E-state index is 10.4. The standard InChI is InChI=1S/C43H50N8.Pt/c1-15-17-27(3)38-29(23-44)25-51(40(38)47-14)37-22-31(42(8,9)10)20-35(49-37)43(11,12)34-19-30(41(5,6)7)21-36(48-34)50-26-32(46-13)39(33(50)24-45)28(4)18-16-2;/h19-22,27-28H,15-18H2,1-12H3;/q-2;+2. The maximum absolute atomic E-state index is 10.4. The van der Waals surface area contributed by atoms with Gasteiger partial charge >= 0.3 is 21.1 Å². The molecule has 0 aliphatic rings. The molecule has 4 heterocycles. The zero-order chi connectivity index (χ0) is 38.1. The van der Waals surface area contributed by atoms with Gasteiger partial charge in [0.15, 0.2) is 11.6 Å². The van der Waals surface area contributed by atoms with Gasteiger partial charge in [0.2, 0.25) is 0 Å². The third kappa shape index (κ3) is 8.10. The molecule has 0 fully saturated rings. The van der Waals surface area contributed by atoms with Gasteiger partial charge in [-0.25, -0.2) is 10.5 Å². The molecule has 4 rings (SSSR count). The molecule has 0 aromatic carbocycles. The van der Waals surface area contributed by atoms with Crippen LogP contribution in [0.3, 0.4) is 0 Å². The summed E-state index contributed by atoms with van der Waals surface area (Å²) < 4.78 is 3.32. The van der Waals surface area contributed by atoms with E-state index < -0.39 is 5.41 Å². The van der Waals surface area contributed by atoms with E-state index in [1.165, 1.54) is 0 Å². The minimum absolute atomic E-state index is 0.